The number of aromatic nitrogens is 1. The highest BCUT2D eigenvalue weighted by Gasteiger charge is 2.13. The van der Waals surface area contributed by atoms with E-state index >= 15 is 0 Å². The lowest BCUT2D eigenvalue weighted by molar-refractivity contribution is -0.673. The highest BCUT2D eigenvalue weighted by atomic mass is 127. The lowest BCUT2D eigenvalue weighted by Gasteiger charge is -2.09. The SMILES string of the molecule is COc1ccccc1Sc1cc2ccccc2[n+](CCCCCc2ccccc2)c1.[I-]. The van der Waals surface area contributed by atoms with Crippen LogP contribution >= 0.6 is 11.8 Å². The second-order valence-electron chi connectivity index (χ2n) is 7.48. The molecule has 1 heterocycles. The number of benzene rings is 3. The molecule has 0 amide bonds. The van der Waals surface area contributed by atoms with Crippen molar-refractivity contribution in [2.45, 2.75) is 42.0 Å². The van der Waals surface area contributed by atoms with Gasteiger partial charge in [0, 0.05) is 17.9 Å². The van der Waals surface area contributed by atoms with Gasteiger partial charge in [-0.1, -0.05) is 66.4 Å². The quantitative estimate of drug-likeness (QED) is 0.182. The van der Waals surface area contributed by atoms with Crippen molar-refractivity contribution in [3.05, 3.63) is 96.7 Å². The van der Waals surface area contributed by atoms with E-state index in [0.29, 0.717) is 0 Å². The van der Waals surface area contributed by atoms with Crippen LogP contribution < -0.4 is 33.3 Å². The Balaban J connectivity index is 0.00000272. The predicted molar refractivity (Wildman–Crippen MR) is 125 cm³/mol. The Morgan fingerprint density at radius 2 is 1.55 bits per heavy atom. The monoisotopic (exact) mass is 541 g/mol. The number of fused-ring (bicyclic) bond motifs is 1. The fourth-order valence-corrected chi connectivity index (χ4v) is 4.81. The molecule has 4 rings (SSSR count). The molecule has 0 spiro atoms. The maximum atomic E-state index is 5.54. The van der Waals surface area contributed by atoms with Crippen LogP contribution in [0.1, 0.15) is 24.8 Å². The Morgan fingerprint density at radius 3 is 2.39 bits per heavy atom. The van der Waals surface area contributed by atoms with Crippen molar-refractivity contribution in [3.63, 3.8) is 0 Å². The summed E-state index contributed by atoms with van der Waals surface area (Å²) in [7, 11) is 1.73. The van der Waals surface area contributed by atoms with E-state index in [-0.39, 0.29) is 24.0 Å². The first-order valence-electron chi connectivity index (χ1n) is 10.6. The summed E-state index contributed by atoms with van der Waals surface area (Å²) in [5.41, 5.74) is 2.73. The molecule has 0 aliphatic heterocycles. The van der Waals surface area contributed by atoms with Crippen molar-refractivity contribution < 1.29 is 33.3 Å². The molecule has 0 aliphatic rings. The van der Waals surface area contributed by atoms with Gasteiger partial charge in [0.1, 0.15) is 12.3 Å². The van der Waals surface area contributed by atoms with E-state index in [2.05, 4.69) is 83.6 Å². The van der Waals surface area contributed by atoms with Gasteiger partial charge < -0.3 is 28.7 Å². The van der Waals surface area contributed by atoms with E-state index in [9.17, 15) is 0 Å². The lowest BCUT2D eigenvalue weighted by Crippen LogP contribution is -3.00. The Kier molecular flexibility index (Phi) is 9.22. The smallest absolute Gasteiger partial charge is 0.212 e. The van der Waals surface area contributed by atoms with Crippen molar-refractivity contribution in [2.24, 2.45) is 0 Å². The molecule has 3 aromatic carbocycles. The normalized spacial score (nSPS) is 10.6. The third kappa shape index (κ3) is 6.47. The molecule has 0 aliphatic carbocycles. The topological polar surface area (TPSA) is 13.1 Å². The van der Waals surface area contributed by atoms with E-state index in [1.807, 2.05) is 12.1 Å². The molecule has 0 saturated carbocycles. The summed E-state index contributed by atoms with van der Waals surface area (Å²) in [6, 6.07) is 29.9. The molecule has 0 atom stereocenters. The Morgan fingerprint density at radius 1 is 0.806 bits per heavy atom. The van der Waals surface area contributed by atoms with Gasteiger partial charge in [0.2, 0.25) is 5.52 Å². The third-order valence-electron chi connectivity index (χ3n) is 5.33. The number of halogens is 1. The highest BCUT2D eigenvalue weighted by molar-refractivity contribution is 7.99. The summed E-state index contributed by atoms with van der Waals surface area (Å²) in [6.45, 7) is 1.04. The van der Waals surface area contributed by atoms with Crippen molar-refractivity contribution in [2.75, 3.05) is 7.11 Å². The Labute approximate surface area is 206 Å². The molecule has 0 radical (unpaired) electrons. The van der Waals surface area contributed by atoms with Crippen molar-refractivity contribution in [3.8, 4) is 5.75 Å². The first kappa shape index (κ1) is 23.6. The van der Waals surface area contributed by atoms with Gasteiger partial charge in [-0.2, -0.15) is 4.57 Å². The van der Waals surface area contributed by atoms with Crippen LogP contribution in [-0.4, -0.2) is 7.11 Å². The number of pyridine rings is 1. The second kappa shape index (κ2) is 12.1. The van der Waals surface area contributed by atoms with Gasteiger partial charge in [0.25, 0.3) is 0 Å². The molecule has 0 N–H and O–H groups in total. The van der Waals surface area contributed by atoms with Crippen LogP contribution in [-0.2, 0) is 13.0 Å². The van der Waals surface area contributed by atoms with Crippen LogP contribution in [0, 0.1) is 0 Å². The summed E-state index contributed by atoms with van der Waals surface area (Å²) >= 11 is 1.76. The first-order valence-corrected chi connectivity index (χ1v) is 11.4. The van der Waals surface area contributed by atoms with Crippen molar-refractivity contribution >= 4 is 22.7 Å². The number of nitrogens with zero attached hydrogens (tertiary/aromatic N) is 1. The summed E-state index contributed by atoms with van der Waals surface area (Å²) in [4.78, 5) is 2.38. The molecule has 0 fully saturated rings. The number of hydrogen-bond acceptors (Lipinski definition) is 2. The zero-order chi connectivity index (χ0) is 20.6. The zero-order valence-corrected chi connectivity index (χ0v) is 20.8. The Bertz CT molecular complexity index is 1100. The zero-order valence-electron chi connectivity index (χ0n) is 17.8. The molecule has 1 aromatic heterocycles. The van der Waals surface area contributed by atoms with Gasteiger partial charge in [-0.15, -0.1) is 0 Å². The van der Waals surface area contributed by atoms with Crippen LogP contribution in [0.3, 0.4) is 0 Å². The fraction of sp³-hybridized carbons (Fsp3) is 0.222. The van der Waals surface area contributed by atoms with Crippen molar-refractivity contribution in [1.29, 1.82) is 0 Å². The van der Waals surface area contributed by atoms with Crippen LogP contribution in [0.5, 0.6) is 5.75 Å². The van der Waals surface area contributed by atoms with E-state index in [4.69, 9.17) is 4.74 Å². The fourth-order valence-electron chi connectivity index (χ4n) is 3.79. The molecule has 4 aromatic rings. The molecule has 4 heteroatoms. The molecular formula is C27H28INOS. The number of unbranched alkanes of at least 4 members (excludes halogenated alkanes) is 2. The molecular weight excluding hydrogens is 513 g/mol. The number of methoxy groups -OCH3 is 1. The first-order chi connectivity index (χ1) is 14.8. The summed E-state index contributed by atoms with van der Waals surface area (Å²) in [5, 5.41) is 1.28. The van der Waals surface area contributed by atoms with E-state index in [0.717, 1.165) is 23.6 Å². The minimum absolute atomic E-state index is 0. The molecule has 0 saturated heterocycles. The summed E-state index contributed by atoms with van der Waals surface area (Å²) < 4.78 is 7.95. The molecule has 0 bridgehead atoms. The molecule has 2 nitrogen and oxygen atoms in total. The van der Waals surface area contributed by atoms with Gasteiger partial charge in [-0.05, 0) is 49.1 Å². The number of para-hydroxylation sites is 2. The van der Waals surface area contributed by atoms with Gasteiger partial charge >= 0.3 is 0 Å². The van der Waals surface area contributed by atoms with Crippen LogP contribution in [0.2, 0.25) is 0 Å². The number of ether oxygens (including phenoxy) is 1. The van der Waals surface area contributed by atoms with Gasteiger partial charge in [-0.25, -0.2) is 0 Å². The van der Waals surface area contributed by atoms with E-state index in [1.165, 1.54) is 40.6 Å². The third-order valence-corrected chi connectivity index (χ3v) is 6.35. The average molecular weight is 541 g/mol. The largest absolute Gasteiger partial charge is 1.00 e. The number of hydrogen-bond donors (Lipinski definition) is 0. The maximum Gasteiger partial charge on any atom is 0.212 e. The molecule has 0 unspecified atom stereocenters. The molecule has 31 heavy (non-hydrogen) atoms. The van der Waals surface area contributed by atoms with Crippen LogP contribution in [0.4, 0.5) is 0 Å². The number of aryl methyl sites for hydroxylation is 2. The highest BCUT2D eigenvalue weighted by Crippen LogP contribution is 2.35. The average Bonchev–Trinajstić information content (AvgIpc) is 2.80. The van der Waals surface area contributed by atoms with Gasteiger partial charge in [0.15, 0.2) is 6.20 Å². The minimum atomic E-state index is 0. The second-order valence-corrected chi connectivity index (χ2v) is 8.59. The van der Waals surface area contributed by atoms with Gasteiger partial charge in [-0.3, -0.25) is 0 Å². The van der Waals surface area contributed by atoms with Gasteiger partial charge in [0.05, 0.1) is 16.9 Å². The predicted octanol–water partition coefficient (Wildman–Crippen LogP) is 3.70. The number of rotatable bonds is 9. The molecule has 160 valence electrons. The van der Waals surface area contributed by atoms with E-state index < -0.39 is 0 Å². The maximum absolute atomic E-state index is 5.54. The summed E-state index contributed by atoms with van der Waals surface area (Å²) in [5.74, 6) is 0.920. The minimum Gasteiger partial charge on any atom is -1.00 e. The summed E-state index contributed by atoms with van der Waals surface area (Å²) in [6.07, 6.45) is 7.11. The lowest BCUT2D eigenvalue weighted by atomic mass is 10.1. The Hall–Kier alpha value is -2.05. The van der Waals surface area contributed by atoms with E-state index in [1.54, 1.807) is 18.9 Å². The standard InChI is InChI=1S/C27H28NOS.HI/c1-29-26-17-9-10-18-27(26)30-24-20-23-15-7-8-16-25(23)28(21-24)19-11-3-6-14-22-12-4-2-5-13-22;/h2,4-5,7-10,12-13,15-18,20-21H,3,6,11,14,19H2,1H3;1H/q+1;/p-1. The van der Waals surface area contributed by atoms with Crippen LogP contribution in [0.15, 0.2) is 101 Å². The van der Waals surface area contributed by atoms with Crippen molar-refractivity contribution in [1.82, 2.24) is 0 Å². The van der Waals surface area contributed by atoms with Crippen LogP contribution in [0.25, 0.3) is 10.9 Å².